The number of nitrogens with zero attached hydrogens (tertiary/aromatic N) is 1. The van der Waals surface area contributed by atoms with E-state index >= 15 is 0 Å². The molecule has 1 fully saturated rings. The van der Waals surface area contributed by atoms with Gasteiger partial charge in [0.2, 0.25) is 0 Å². The molecular formula is C21H33NO2. The molecule has 2 aliphatic rings. The largest absolute Gasteiger partial charge is 0.384 e. The van der Waals surface area contributed by atoms with Gasteiger partial charge in [0.05, 0.1) is 12.2 Å². The number of hydrogen-bond acceptors (Lipinski definition) is 3. The maximum absolute atomic E-state index is 11.5. The van der Waals surface area contributed by atoms with E-state index in [1.807, 2.05) is 0 Å². The minimum atomic E-state index is -0.721. The van der Waals surface area contributed by atoms with Crippen LogP contribution < -0.4 is 0 Å². The van der Waals surface area contributed by atoms with Crippen LogP contribution in [0.25, 0.3) is 0 Å². The third-order valence-electron chi connectivity index (χ3n) is 5.49. The predicted molar refractivity (Wildman–Crippen MR) is 98.4 cm³/mol. The fourth-order valence-corrected chi connectivity index (χ4v) is 4.37. The molecule has 3 rings (SSSR count). The van der Waals surface area contributed by atoms with E-state index in [0.717, 1.165) is 37.9 Å². The summed E-state index contributed by atoms with van der Waals surface area (Å²) in [5.74, 6) is 0. The summed E-state index contributed by atoms with van der Waals surface area (Å²) in [6, 6.07) is 6.71. The average molecular weight is 332 g/mol. The Morgan fingerprint density at radius 1 is 1.21 bits per heavy atom. The standard InChI is InChI=1S/C21H33NO2/c1-15-12-22(13-16(2)24-15)14-21(23)10-6-7-17-11-18(20(3,4)5)8-9-19(17)21/h8-9,11,15-16,23H,6-7,10,12-14H2,1-5H3. The number of rotatable bonds is 2. The summed E-state index contributed by atoms with van der Waals surface area (Å²) < 4.78 is 5.84. The zero-order valence-corrected chi connectivity index (χ0v) is 15.9. The first-order valence-corrected chi connectivity index (χ1v) is 9.41. The van der Waals surface area contributed by atoms with Crippen molar-refractivity contribution in [2.75, 3.05) is 19.6 Å². The molecule has 1 aliphatic carbocycles. The van der Waals surface area contributed by atoms with Gasteiger partial charge < -0.3 is 9.84 Å². The van der Waals surface area contributed by atoms with E-state index < -0.39 is 5.60 Å². The van der Waals surface area contributed by atoms with Gasteiger partial charge in [-0.3, -0.25) is 4.90 Å². The van der Waals surface area contributed by atoms with E-state index in [0.29, 0.717) is 6.54 Å². The molecule has 0 bridgehead atoms. The van der Waals surface area contributed by atoms with Gasteiger partial charge in [-0.2, -0.15) is 0 Å². The van der Waals surface area contributed by atoms with Gasteiger partial charge in [0.1, 0.15) is 5.60 Å². The maximum atomic E-state index is 11.5. The SMILES string of the molecule is CC1CN(CC2(O)CCCc3cc(C(C)(C)C)ccc32)CC(C)O1. The Balaban J connectivity index is 1.85. The van der Waals surface area contributed by atoms with Crippen LogP contribution in [0.5, 0.6) is 0 Å². The Bertz CT molecular complexity index is 582. The highest BCUT2D eigenvalue weighted by Gasteiger charge is 2.38. The summed E-state index contributed by atoms with van der Waals surface area (Å²) in [6.45, 7) is 13.5. The number of benzene rings is 1. The summed E-state index contributed by atoms with van der Waals surface area (Å²) in [4.78, 5) is 2.38. The zero-order chi connectivity index (χ0) is 17.5. The van der Waals surface area contributed by atoms with Crippen molar-refractivity contribution in [2.45, 2.75) is 77.1 Å². The highest BCUT2D eigenvalue weighted by molar-refractivity contribution is 5.40. The highest BCUT2D eigenvalue weighted by Crippen LogP contribution is 2.38. The van der Waals surface area contributed by atoms with Crippen molar-refractivity contribution in [3.05, 3.63) is 34.9 Å². The van der Waals surface area contributed by atoms with E-state index in [1.165, 1.54) is 11.1 Å². The predicted octanol–water partition coefficient (Wildman–Crippen LogP) is 3.62. The summed E-state index contributed by atoms with van der Waals surface area (Å²) in [7, 11) is 0. The van der Waals surface area contributed by atoms with E-state index in [9.17, 15) is 5.11 Å². The highest BCUT2D eigenvalue weighted by atomic mass is 16.5. The second kappa shape index (κ2) is 6.44. The van der Waals surface area contributed by atoms with Gasteiger partial charge in [-0.05, 0) is 55.2 Å². The van der Waals surface area contributed by atoms with Crippen LogP contribution in [-0.4, -0.2) is 41.8 Å². The van der Waals surface area contributed by atoms with Crippen LogP contribution in [0.1, 0.15) is 64.2 Å². The lowest BCUT2D eigenvalue weighted by Crippen LogP contribution is -2.51. The summed E-state index contributed by atoms with van der Waals surface area (Å²) in [6.07, 6.45) is 3.48. The molecule has 3 heteroatoms. The van der Waals surface area contributed by atoms with Crippen LogP contribution in [-0.2, 0) is 22.2 Å². The summed E-state index contributed by atoms with van der Waals surface area (Å²) >= 11 is 0. The molecule has 1 heterocycles. The minimum absolute atomic E-state index is 0.152. The van der Waals surface area contributed by atoms with Crippen molar-refractivity contribution < 1.29 is 9.84 Å². The first kappa shape index (κ1) is 17.9. The molecule has 0 spiro atoms. The fraction of sp³-hybridized carbons (Fsp3) is 0.714. The Kier molecular flexibility index (Phi) is 4.80. The number of fused-ring (bicyclic) bond motifs is 1. The van der Waals surface area contributed by atoms with Crippen LogP contribution in [0.4, 0.5) is 0 Å². The number of morpholine rings is 1. The van der Waals surface area contributed by atoms with E-state index in [1.54, 1.807) is 0 Å². The molecule has 134 valence electrons. The lowest BCUT2D eigenvalue weighted by Gasteiger charge is -2.42. The summed E-state index contributed by atoms with van der Waals surface area (Å²) in [5, 5.41) is 11.5. The van der Waals surface area contributed by atoms with Crippen LogP contribution in [0.15, 0.2) is 18.2 Å². The molecule has 0 amide bonds. The molecular weight excluding hydrogens is 298 g/mol. The lowest BCUT2D eigenvalue weighted by atomic mass is 9.75. The normalized spacial score (nSPS) is 31.8. The van der Waals surface area contributed by atoms with Gasteiger partial charge in [0, 0.05) is 19.6 Å². The quantitative estimate of drug-likeness (QED) is 0.898. The Labute approximate surface area is 147 Å². The number of hydrogen-bond donors (Lipinski definition) is 1. The zero-order valence-electron chi connectivity index (χ0n) is 15.9. The van der Waals surface area contributed by atoms with Gasteiger partial charge in [0.25, 0.3) is 0 Å². The lowest BCUT2D eigenvalue weighted by molar-refractivity contribution is -0.0971. The first-order valence-electron chi connectivity index (χ1n) is 9.41. The minimum Gasteiger partial charge on any atom is -0.384 e. The van der Waals surface area contributed by atoms with E-state index in [2.05, 4.69) is 57.7 Å². The molecule has 0 radical (unpaired) electrons. The van der Waals surface area contributed by atoms with Crippen molar-refractivity contribution in [3.63, 3.8) is 0 Å². The Morgan fingerprint density at radius 2 is 1.88 bits per heavy atom. The molecule has 0 aromatic heterocycles. The monoisotopic (exact) mass is 331 g/mol. The molecule has 1 N–H and O–H groups in total. The molecule has 24 heavy (non-hydrogen) atoms. The third kappa shape index (κ3) is 3.68. The smallest absolute Gasteiger partial charge is 0.103 e. The van der Waals surface area contributed by atoms with Crippen molar-refractivity contribution >= 4 is 0 Å². The van der Waals surface area contributed by atoms with E-state index in [-0.39, 0.29) is 17.6 Å². The van der Waals surface area contributed by atoms with Crippen molar-refractivity contribution in [2.24, 2.45) is 0 Å². The topological polar surface area (TPSA) is 32.7 Å². The Morgan fingerprint density at radius 3 is 2.50 bits per heavy atom. The number of aryl methyl sites for hydroxylation is 1. The molecule has 1 aromatic carbocycles. The van der Waals surface area contributed by atoms with Crippen LogP contribution >= 0.6 is 0 Å². The molecule has 3 unspecified atom stereocenters. The van der Waals surface area contributed by atoms with Crippen LogP contribution in [0.2, 0.25) is 0 Å². The second-order valence-electron chi connectivity index (χ2n) is 8.96. The Hall–Kier alpha value is -0.900. The summed E-state index contributed by atoms with van der Waals surface area (Å²) in [5.41, 5.74) is 3.28. The number of β-amino-alcohol motifs (C(OH)–C–C–N with tert-alkyl or cyclic N) is 1. The van der Waals surface area contributed by atoms with Gasteiger partial charge in [0.15, 0.2) is 0 Å². The van der Waals surface area contributed by atoms with E-state index in [4.69, 9.17) is 4.74 Å². The van der Waals surface area contributed by atoms with Crippen LogP contribution in [0.3, 0.4) is 0 Å². The first-order chi connectivity index (χ1) is 11.2. The molecule has 1 aromatic rings. The number of aliphatic hydroxyl groups is 1. The van der Waals surface area contributed by atoms with Gasteiger partial charge in [-0.15, -0.1) is 0 Å². The molecule has 0 saturated carbocycles. The van der Waals surface area contributed by atoms with Gasteiger partial charge >= 0.3 is 0 Å². The van der Waals surface area contributed by atoms with Gasteiger partial charge in [-0.25, -0.2) is 0 Å². The molecule has 1 aliphatic heterocycles. The van der Waals surface area contributed by atoms with Crippen molar-refractivity contribution in [3.8, 4) is 0 Å². The fourth-order valence-electron chi connectivity index (χ4n) is 4.37. The molecule has 3 nitrogen and oxygen atoms in total. The average Bonchev–Trinajstić information content (AvgIpc) is 2.44. The van der Waals surface area contributed by atoms with Crippen molar-refractivity contribution in [1.82, 2.24) is 4.90 Å². The van der Waals surface area contributed by atoms with Crippen LogP contribution in [0, 0.1) is 0 Å². The second-order valence-corrected chi connectivity index (χ2v) is 8.96. The maximum Gasteiger partial charge on any atom is 0.103 e. The van der Waals surface area contributed by atoms with Gasteiger partial charge in [-0.1, -0.05) is 39.0 Å². The third-order valence-corrected chi connectivity index (χ3v) is 5.49. The van der Waals surface area contributed by atoms with Crippen molar-refractivity contribution in [1.29, 1.82) is 0 Å². The molecule has 1 saturated heterocycles. The molecule has 3 atom stereocenters. The number of ether oxygens (including phenoxy) is 1.